The predicted molar refractivity (Wildman–Crippen MR) is 587 cm³/mol. The molecule has 0 saturated carbocycles. The van der Waals surface area contributed by atoms with Crippen LogP contribution in [0.3, 0.4) is 0 Å². The molecule has 0 amide bonds. The lowest BCUT2D eigenvalue weighted by atomic mass is 9.88. The van der Waals surface area contributed by atoms with E-state index in [0.717, 1.165) is 104 Å². The van der Waals surface area contributed by atoms with Gasteiger partial charge in [0.05, 0.1) is 48.7 Å². The summed E-state index contributed by atoms with van der Waals surface area (Å²) < 4.78 is 26.4. The number of esters is 4. The van der Waals surface area contributed by atoms with Crippen molar-refractivity contribution in [2.24, 2.45) is 34.9 Å². The van der Waals surface area contributed by atoms with Crippen molar-refractivity contribution in [2.75, 3.05) is 26.4 Å². The highest BCUT2D eigenvalue weighted by atomic mass is 16.5. The molecule has 5 heterocycles. The second kappa shape index (κ2) is 61.2. The lowest BCUT2D eigenvalue weighted by Gasteiger charge is -2.19. The molecule has 140 heavy (non-hydrogen) atoms. The summed E-state index contributed by atoms with van der Waals surface area (Å²) in [7, 11) is 0. The molecule has 16 heteroatoms. The number of fused-ring (bicyclic) bond motifs is 20. The van der Waals surface area contributed by atoms with E-state index in [4.69, 9.17) is 53.9 Å². The second-order valence-corrected chi connectivity index (χ2v) is 41.0. The van der Waals surface area contributed by atoms with E-state index in [2.05, 4.69) is 81.5 Å². The normalized spacial score (nSPS) is 13.9. The van der Waals surface area contributed by atoms with E-state index in [1.165, 1.54) is 308 Å². The molecule has 8 bridgehead atoms. The Morgan fingerprint density at radius 1 is 0.229 bits per heavy atom. The average Bonchev–Trinajstić information content (AvgIpc) is 1.54. The Morgan fingerprint density at radius 2 is 0.457 bits per heavy atom. The zero-order valence-corrected chi connectivity index (χ0v) is 86.6. The lowest BCUT2D eigenvalue weighted by Crippen LogP contribution is -2.32. The van der Waals surface area contributed by atoms with Crippen LogP contribution in [0.5, 0.6) is 0 Å². The molecule has 0 aliphatic carbocycles. The third-order valence-electron chi connectivity index (χ3n) is 29.7. The van der Waals surface area contributed by atoms with Crippen molar-refractivity contribution in [3.8, 4) is 0 Å². The van der Waals surface area contributed by atoms with Crippen LogP contribution >= 0.6 is 0 Å². The summed E-state index contributed by atoms with van der Waals surface area (Å²) in [5, 5.41) is 9.37. The van der Waals surface area contributed by atoms with Gasteiger partial charge >= 0.3 is 23.9 Å². The third kappa shape index (κ3) is 32.1. The molecule has 0 aromatic heterocycles. The Morgan fingerprint density at radius 3 is 0.786 bits per heavy atom. The van der Waals surface area contributed by atoms with Gasteiger partial charge < -0.3 is 24.3 Å². The maximum absolute atomic E-state index is 16.2. The number of benzene rings is 8. The second-order valence-electron chi connectivity index (χ2n) is 41.0. The number of amidine groups is 7. The van der Waals surface area contributed by atoms with Crippen LogP contribution < -0.4 is 5.32 Å². The van der Waals surface area contributed by atoms with E-state index in [0.29, 0.717) is 81.4 Å². The smallest absolute Gasteiger partial charge is 0.339 e. The molecule has 0 saturated heterocycles. The van der Waals surface area contributed by atoms with Crippen molar-refractivity contribution in [3.63, 3.8) is 0 Å². The highest BCUT2D eigenvalue weighted by Gasteiger charge is 2.43. The van der Waals surface area contributed by atoms with E-state index in [9.17, 15) is 0 Å². The minimum atomic E-state index is -1.32. The summed E-state index contributed by atoms with van der Waals surface area (Å²) in [6.07, 6.45) is 76.2. The number of ether oxygens (including phenoxy) is 4. The molecule has 1 N–H and O–H groups in total. The third-order valence-corrected chi connectivity index (χ3v) is 29.7. The molecule has 8 aromatic carbocycles. The zero-order valence-electron chi connectivity index (χ0n) is 86.6. The first-order chi connectivity index (χ1) is 69.2. The van der Waals surface area contributed by atoms with E-state index in [-0.39, 0.29) is 94.3 Å². The van der Waals surface area contributed by atoms with Crippen LogP contribution in [-0.4, -0.2) is 91.2 Å². The lowest BCUT2D eigenvalue weighted by molar-refractivity contribution is 0.0485. The highest BCUT2D eigenvalue weighted by molar-refractivity contribution is 6.39. The number of hydrogen-bond acceptors (Lipinski definition) is 16. The van der Waals surface area contributed by atoms with Crippen LogP contribution in [0.4, 0.5) is 0 Å². The number of hydrogen-bond donors (Lipinski definition) is 1. The number of nitrogens with zero attached hydrogens (tertiary/aromatic N) is 7. The number of nitrogens with one attached hydrogen (secondary N) is 1. The largest absolute Gasteiger partial charge is 0.462 e. The molecule has 5 aliphatic rings. The summed E-state index contributed by atoms with van der Waals surface area (Å²) in [6, 6.07) is 39.7. The molecule has 0 spiro atoms. The monoisotopic (exact) mass is 1900 g/mol. The van der Waals surface area contributed by atoms with Crippen LogP contribution in [0.15, 0.2) is 156 Å². The van der Waals surface area contributed by atoms with E-state index >= 15 is 19.2 Å². The van der Waals surface area contributed by atoms with Gasteiger partial charge in [0.1, 0.15) is 11.7 Å². The summed E-state index contributed by atoms with van der Waals surface area (Å²) in [4.78, 5) is 104. The molecule has 754 valence electrons. The standard InChI is InChI=1S/C124H170N8O8/c1-5-9-13-17-21-25-29-33-37-41-45-49-53-57-61-73-85-137-121(133)105-97-81-69-71-83-99(97)107(123(135)139-87-75-63-59-55-51-47-43-39-35-31-27-23-19-15-11-7-3)111-109(105)117-128-115-103-91-95-79-67-65-77-93(95)89-101(103)113(126-115)125-114-102-90-94-78-66-68-80-96(94)92-104(102)116(127-114)129-118-110-106(122(134)138-86-74-62-58-54-50-46-42-38-34-30-26-22-18-14-10-6-2)98-82-70-72-84-100(98)108(112(110)120(131-118)132-119(111)130-117)124(136)140-88-76-64-60-56-52-48-44-40-36-32-28-24-20-16-12-8-4/h65-72,77-84,89-92,117H,5-64,73-76,85-88H2,1-4H3,(H,125,126,127,128,129,130,131,132). The van der Waals surface area contributed by atoms with Gasteiger partial charge in [-0.3, -0.25) is 0 Å². The number of rotatable bonds is 72. The van der Waals surface area contributed by atoms with Crippen LogP contribution in [0, 0.1) is 0 Å². The number of aliphatic imine (C=N–C) groups is 7. The minimum Gasteiger partial charge on any atom is -0.462 e. The van der Waals surface area contributed by atoms with Crippen LogP contribution in [-0.2, 0) is 18.9 Å². The van der Waals surface area contributed by atoms with Crippen molar-refractivity contribution in [1.29, 1.82) is 0 Å². The van der Waals surface area contributed by atoms with E-state index in [1.54, 1.807) is 0 Å². The van der Waals surface area contributed by atoms with Gasteiger partial charge in [0.2, 0.25) is 0 Å². The van der Waals surface area contributed by atoms with E-state index in [1.807, 2.05) is 72.8 Å². The molecular formula is C124H170N8O8. The molecule has 13 rings (SSSR count). The van der Waals surface area contributed by atoms with Crippen molar-refractivity contribution in [1.82, 2.24) is 5.32 Å². The van der Waals surface area contributed by atoms with Crippen molar-refractivity contribution in [2.45, 2.75) is 445 Å². The summed E-state index contributed by atoms with van der Waals surface area (Å²) in [5.74, 6) is -0.953. The van der Waals surface area contributed by atoms with Crippen LogP contribution in [0.2, 0.25) is 0 Å². The fourth-order valence-corrected chi connectivity index (χ4v) is 21.5. The van der Waals surface area contributed by atoms with Gasteiger partial charge in [-0.2, -0.15) is 0 Å². The van der Waals surface area contributed by atoms with Gasteiger partial charge in [0.15, 0.2) is 35.3 Å². The fraction of sp³-hybridized carbons (Fsp3) is 0.589. The summed E-state index contributed by atoms with van der Waals surface area (Å²) in [5.41, 5.74) is 4.39. The van der Waals surface area contributed by atoms with E-state index < -0.39 is 30.0 Å². The predicted octanol–water partition coefficient (Wildman–Crippen LogP) is 35.0. The van der Waals surface area contributed by atoms with Gasteiger partial charge in [-0.1, -0.05) is 510 Å². The Hall–Kier alpha value is -9.83. The Kier molecular flexibility index (Phi) is 47.0. The first kappa shape index (κ1) is 107. The fourth-order valence-electron chi connectivity index (χ4n) is 21.5. The van der Waals surface area contributed by atoms with Crippen LogP contribution in [0.1, 0.15) is 531 Å². The first-order valence-corrected chi connectivity index (χ1v) is 57.0. The quantitative estimate of drug-likeness (QED) is 0.0218. The molecule has 0 radical (unpaired) electrons. The summed E-state index contributed by atoms with van der Waals surface area (Å²) >= 11 is 0. The number of carbonyl (C=O) groups excluding carboxylic acids is 4. The molecule has 8 aromatic rings. The maximum atomic E-state index is 16.2. The molecule has 1 atom stereocenters. The van der Waals surface area contributed by atoms with Gasteiger partial charge in [0, 0.05) is 44.5 Å². The first-order valence-electron chi connectivity index (χ1n) is 57.0. The van der Waals surface area contributed by atoms with Gasteiger partial charge in [0.25, 0.3) is 0 Å². The topological polar surface area (TPSA) is 204 Å². The Bertz CT molecular complexity index is 5490. The Labute approximate surface area is 840 Å². The molecular weight excluding hydrogens is 1730 g/mol. The molecule has 5 aliphatic heterocycles. The van der Waals surface area contributed by atoms with Crippen molar-refractivity contribution >= 4 is 108 Å². The van der Waals surface area contributed by atoms with Gasteiger partial charge in [-0.05, 0) is 93.0 Å². The van der Waals surface area contributed by atoms with Gasteiger partial charge in [-0.25, -0.2) is 54.1 Å². The summed E-state index contributed by atoms with van der Waals surface area (Å²) in [6.45, 7) is 9.73. The SMILES string of the molecule is CCCCCCCCCCCCCCCCCCOC(=O)c1c2c(c(C(=O)OCCCCCCCCCCCCCCCCCC)c3ccccc13)C1=NC2=NC2=NC(N=C3N=C(N=C4N=C(N1)c1cc5ccccc5cc14)c1cc4ccccc4cc13)c1c2c(C(=O)OCCCCCCCCCCCCCCCCCC)c2ccccc2c1C(=O)OCCCCCCCCCCCCCCCCCC. The minimum absolute atomic E-state index is 0.0103. The molecule has 16 nitrogen and oxygen atoms in total. The molecule has 0 fully saturated rings. The van der Waals surface area contributed by atoms with Crippen LogP contribution in [0.25, 0.3) is 43.1 Å². The maximum Gasteiger partial charge on any atom is 0.339 e. The van der Waals surface area contributed by atoms with Crippen molar-refractivity contribution in [3.05, 3.63) is 188 Å². The highest BCUT2D eigenvalue weighted by Crippen LogP contribution is 2.46. The number of carbonyl (C=O) groups is 4. The molecule has 1 unspecified atom stereocenters. The zero-order chi connectivity index (χ0) is 97.2. The Balaban J connectivity index is 0.867. The average molecular weight is 1900 g/mol. The van der Waals surface area contributed by atoms with Gasteiger partial charge in [-0.15, -0.1) is 0 Å². The number of unbranched alkanes of at least 4 members (excludes halogenated alkanes) is 60. The van der Waals surface area contributed by atoms with Crippen molar-refractivity contribution < 1.29 is 38.1 Å².